The number of amides is 1. The van der Waals surface area contributed by atoms with Gasteiger partial charge in [0.25, 0.3) is 5.91 Å². The van der Waals surface area contributed by atoms with Gasteiger partial charge < -0.3 is 10.3 Å². The molecule has 0 radical (unpaired) electrons. The Kier molecular flexibility index (Phi) is 3.45. The van der Waals surface area contributed by atoms with Gasteiger partial charge in [0.1, 0.15) is 5.82 Å². The number of rotatable bonds is 4. The summed E-state index contributed by atoms with van der Waals surface area (Å²) in [6.07, 6.45) is 5.93. The highest BCUT2D eigenvalue weighted by molar-refractivity contribution is 5.95. The zero-order chi connectivity index (χ0) is 13.1. The van der Waals surface area contributed by atoms with Crippen molar-refractivity contribution in [3.8, 4) is 0 Å². The number of carbonyl (C=O) groups excluding carboxylic acids is 1. The molecule has 0 aliphatic heterocycles. The normalized spacial score (nSPS) is 12.4. The lowest BCUT2D eigenvalue weighted by molar-refractivity contribution is 0.0933. The number of aromatic amines is 1. The maximum absolute atomic E-state index is 12.1. The summed E-state index contributed by atoms with van der Waals surface area (Å²) >= 11 is 0. The van der Waals surface area contributed by atoms with Crippen LogP contribution in [0.4, 0.5) is 0 Å². The Morgan fingerprint density at radius 1 is 1.61 bits per heavy atom. The van der Waals surface area contributed by atoms with Crippen LogP contribution in [-0.4, -0.2) is 25.7 Å². The van der Waals surface area contributed by atoms with E-state index in [9.17, 15) is 4.79 Å². The van der Waals surface area contributed by atoms with Crippen molar-refractivity contribution in [2.45, 2.75) is 26.3 Å². The first kappa shape index (κ1) is 12.3. The van der Waals surface area contributed by atoms with Crippen LogP contribution in [0.2, 0.25) is 0 Å². The van der Waals surface area contributed by atoms with Crippen molar-refractivity contribution in [2.75, 3.05) is 0 Å². The van der Waals surface area contributed by atoms with Crippen LogP contribution in [0.5, 0.6) is 0 Å². The SMILES string of the molecule is CCC(NC(=O)c1cn(C)nc1C)c1ncc[nH]1. The molecule has 96 valence electrons. The third-order valence-corrected chi connectivity index (χ3v) is 2.82. The quantitative estimate of drug-likeness (QED) is 0.855. The third-order valence-electron chi connectivity index (χ3n) is 2.82. The standard InChI is InChI=1S/C12H17N5O/c1-4-10(11-13-5-6-14-11)15-12(18)9-7-17(3)16-8(9)2/h5-7,10H,4H2,1-3H3,(H,13,14)(H,15,18). The molecule has 6 heteroatoms. The molecule has 2 aromatic heterocycles. The van der Waals surface area contributed by atoms with Gasteiger partial charge in [-0.3, -0.25) is 9.48 Å². The van der Waals surface area contributed by atoms with Crippen LogP contribution in [0, 0.1) is 6.92 Å². The largest absolute Gasteiger partial charge is 0.347 e. The average molecular weight is 247 g/mol. The molecule has 1 atom stereocenters. The summed E-state index contributed by atoms with van der Waals surface area (Å²) in [4.78, 5) is 19.3. The Labute approximate surface area is 105 Å². The van der Waals surface area contributed by atoms with Crippen LogP contribution in [0.1, 0.15) is 41.3 Å². The first-order chi connectivity index (χ1) is 8.61. The average Bonchev–Trinajstić information content (AvgIpc) is 2.95. The minimum atomic E-state index is -0.121. The molecule has 0 saturated heterocycles. The molecule has 1 unspecified atom stereocenters. The van der Waals surface area contributed by atoms with E-state index < -0.39 is 0 Å². The molecule has 0 aliphatic rings. The smallest absolute Gasteiger partial charge is 0.255 e. The maximum Gasteiger partial charge on any atom is 0.255 e. The van der Waals surface area contributed by atoms with E-state index >= 15 is 0 Å². The van der Waals surface area contributed by atoms with Crippen molar-refractivity contribution in [3.63, 3.8) is 0 Å². The van der Waals surface area contributed by atoms with E-state index in [2.05, 4.69) is 20.4 Å². The molecule has 2 rings (SSSR count). The van der Waals surface area contributed by atoms with Gasteiger partial charge in [-0.1, -0.05) is 6.92 Å². The van der Waals surface area contributed by atoms with Gasteiger partial charge in [-0.2, -0.15) is 5.10 Å². The Balaban J connectivity index is 2.13. The summed E-state index contributed by atoms with van der Waals surface area (Å²) in [6.45, 7) is 3.83. The van der Waals surface area contributed by atoms with Gasteiger partial charge in [0.05, 0.1) is 17.3 Å². The van der Waals surface area contributed by atoms with Crippen molar-refractivity contribution in [1.29, 1.82) is 0 Å². The van der Waals surface area contributed by atoms with Gasteiger partial charge in [-0.25, -0.2) is 4.98 Å². The van der Waals surface area contributed by atoms with Crippen molar-refractivity contribution in [3.05, 3.63) is 35.7 Å². The fraction of sp³-hybridized carbons (Fsp3) is 0.417. The zero-order valence-corrected chi connectivity index (χ0v) is 10.8. The number of hydrogen-bond acceptors (Lipinski definition) is 3. The van der Waals surface area contributed by atoms with Crippen molar-refractivity contribution in [2.24, 2.45) is 7.05 Å². The molecule has 0 saturated carbocycles. The molecule has 0 aliphatic carbocycles. The summed E-state index contributed by atoms with van der Waals surface area (Å²) in [5.74, 6) is 0.649. The molecule has 2 aromatic rings. The molecule has 2 heterocycles. The van der Waals surface area contributed by atoms with Crippen LogP contribution in [0.15, 0.2) is 18.6 Å². The first-order valence-corrected chi connectivity index (χ1v) is 5.92. The molecule has 2 N–H and O–H groups in total. The molecule has 0 spiro atoms. The molecular formula is C12H17N5O. The number of aromatic nitrogens is 4. The number of H-pyrrole nitrogens is 1. The maximum atomic E-state index is 12.1. The number of nitrogens with zero attached hydrogens (tertiary/aromatic N) is 3. The van der Waals surface area contributed by atoms with E-state index in [4.69, 9.17) is 0 Å². The minimum absolute atomic E-state index is 0.105. The Hall–Kier alpha value is -2.11. The highest BCUT2D eigenvalue weighted by Gasteiger charge is 2.18. The van der Waals surface area contributed by atoms with Gasteiger partial charge in [0, 0.05) is 25.6 Å². The highest BCUT2D eigenvalue weighted by Crippen LogP contribution is 2.13. The highest BCUT2D eigenvalue weighted by atomic mass is 16.1. The predicted octanol–water partition coefficient (Wildman–Crippen LogP) is 1.33. The van der Waals surface area contributed by atoms with Gasteiger partial charge in [0.2, 0.25) is 0 Å². The number of hydrogen-bond donors (Lipinski definition) is 2. The monoisotopic (exact) mass is 247 g/mol. The van der Waals surface area contributed by atoms with Crippen LogP contribution < -0.4 is 5.32 Å². The zero-order valence-electron chi connectivity index (χ0n) is 10.8. The van der Waals surface area contributed by atoms with Gasteiger partial charge >= 0.3 is 0 Å². The molecule has 18 heavy (non-hydrogen) atoms. The minimum Gasteiger partial charge on any atom is -0.347 e. The van der Waals surface area contributed by atoms with Crippen molar-refractivity contribution in [1.82, 2.24) is 25.1 Å². The molecule has 0 fully saturated rings. The van der Waals surface area contributed by atoms with Crippen molar-refractivity contribution >= 4 is 5.91 Å². The van der Waals surface area contributed by atoms with Crippen LogP contribution >= 0.6 is 0 Å². The van der Waals surface area contributed by atoms with E-state index in [0.717, 1.165) is 17.9 Å². The van der Waals surface area contributed by atoms with Crippen LogP contribution in [0.25, 0.3) is 0 Å². The summed E-state index contributed by atoms with van der Waals surface area (Å²) in [5.41, 5.74) is 1.33. The van der Waals surface area contributed by atoms with E-state index in [0.29, 0.717) is 5.56 Å². The predicted molar refractivity (Wildman–Crippen MR) is 67.0 cm³/mol. The van der Waals surface area contributed by atoms with Gasteiger partial charge in [-0.15, -0.1) is 0 Å². The van der Waals surface area contributed by atoms with Crippen LogP contribution in [-0.2, 0) is 7.05 Å². The molecule has 0 aromatic carbocycles. The lowest BCUT2D eigenvalue weighted by Crippen LogP contribution is -2.29. The Morgan fingerprint density at radius 3 is 2.89 bits per heavy atom. The second kappa shape index (κ2) is 5.03. The molecular weight excluding hydrogens is 230 g/mol. The topological polar surface area (TPSA) is 75.6 Å². The first-order valence-electron chi connectivity index (χ1n) is 5.92. The molecule has 6 nitrogen and oxygen atoms in total. The molecule has 1 amide bonds. The summed E-state index contributed by atoms with van der Waals surface area (Å²) in [6, 6.07) is -0.105. The van der Waals surface area contributed by atoms with Crippen LogP contribution in [0.3, 0.4) is 0 Å². The summed E-state index contributed by atoms with van der Waals surface area (Å²) < 4.78 is 1.64. The number of aryl methyl sites for hydroxylation is 2. The number of carbonyl (C=O) groups is 1. The van der Waals surface area contributed by atoms with E-state index in [1.165, 1.54) is 0 Å². The molecule has 0 bridgehead atoms. The third kappa shape index (κ3) is 2.42. The second-order valence-corrected chi connectivity index (χ2v) is 4.21. The van der Waals surface area contributed by atoms with Gasteiger partial charge in [-0.05, 0) is 13.3 Å². The van der Waals surface area contributed by atoms with E-state index in [1.807, 2.05) is 13.8 Å². The fourth-order valence-corrected chi connectivity index (χ4v) is 1.89. The lowest BCUT2D eigenvalue weighted by Gasteiger charge is -2.14. The number of imidazole rings is 1. The summed E-state index contributed by atoms with van der Waals surface area (Å²) in [7, 11) is 1.80. The Morgan fingerprint density at radius 2 is 2.39 bits per heavy atom. The lowest BCUT2D eigenvalue weighted by atomic mass is 10.2. The van der Waals surface area contributed by atoms with E-state index in [-0.39, 0.29) is 11.9 Å². The second-order valence-electron chi connectivity index (χ2n) is 4.21. The number of nitrogens with one attached hydrogen (secondary N) is 2. The fourth-order valence-electron chi connectivity index (χ4n) is 1.89. The van der Waals surface area contributed by atoms with Crippen molar-refractivity contribution < 1.29 is 4.79 Å². The Bertz CT molecular complexity index is 529. The van der Waals surface area contributed by atoms with E-state index in [1.54, 1.807) is 30.3 Å². The summed E-state index contributed by atoms with van der Waals surface area (Å²) in [5, 5.41) is 7.11. The van der Waals surface area contributed by atoms with Gasteiger partial charge in [0.15, 0.2) is 0 Å².